The molecule has 2 N–H and O–H groups in total. The van der Waals surface area contributed by atoms with Gasteiger partial charge in [-0.1, -0.05) is 37.0 Å². The molecule has 19 heavy (non-hydrogen) atoms. The van der Waals surface area contributed by atoms with Gasteiger partial charge >= 0.3 is 0 Å². The number of nitrogens with two attached hydrogens (primary N) is 1. The number of halogens is 2. The van der Waals surface area contributed by atoms with Crippen molar-refractivity contribution in [2.75, 3.05) is 13.1 Å². The van der Waals surface area contributed by atoms with Crippen LogP contribution in [0.3, 0.4) is 0 Å². The molecule has 0 aliphatic heterocycles. The average molecular weight is 325 g/mol. The summed E-state index contributed by atoms with van der Waals surface area (Å²) < 4.78 is 26.4. The second kappa shape index (κ2) is 6.90. The van der Waals surface area contributed by atoms with Gasteiger partial charge in [0.2, 0.25) is 10.0 Å². The Hall–Kier alpha value is -0.330. The van der Waals surface area contributed by atoms with E-state index in [0.29, 0.717) is 23.7 Å². The fraction of sp³-hybridized carbons (Fsp3) is 0.500. The van der Waals surface area contributed by atoms with Gasteiger partial charge < -0.3 is 5.73 Å². The summed E-state index contributed by atoms with van der Waals surface area (Å²) in [7, 11) is -3.61. The molecule has 0 amide bonds. The van der Waals surface area contributed by atoms with E-state index < -0.39 is 10.0 Å². The van der Waals surface area contributed by atoms with E-state index in [1.807, 2.05) is 6.92 Å². The third-order valence-electron chi connectivity index (χ3n) is 2.76. The first-order chi connectivity index (χ1) is 8.88. The molecule has 0 aliphatic carbocycles. The second-order valence-electron chi connectivity index (χ2n) is 4.07. The van der Waals surface area contributed by atoms with Crippen LogP contribution < -0.4 is 5.73 Å². The minimum Gasteiger partial charge on any atom is -0.326 e. The van der Waals surface area contributed by atoms with Crippen molar-refractivity contribution in [2.24, 2.45) is 5.73 Å². The average Bonchev–Trinajstić information content (AvgIpc) is 2.35. The van der Waals surface area contributed by atoms with E-state index in [1.54, 1.807) is 6.92 Å². The Morgan fingerprint density at radius 3 is 2.32 bits per heavy atom. The number of nitrogens with zero attached hydrogens (tertiary/aromatic N) is 1. The standard InChI is InChI=1S/C12H18Cl2N2O2S/c1-3-5-16(4-2)19(17,18)12-6-9(8-15)10(13)7-11(12)14/h6-7H,3-5,8,15H2,1-2H3. The fourth-order valence-electron chi connectivity index (χ4n) is 1.76. The predicted molar refractivity (Wildman–Crippen MR) is 79.1 cm³/mol. The third-order valence-corrected chi connectivity index (χ3v) is 5.56. The maximum absolute atomic E-state index is 12.5. The van der Waals surface area contributed by atoms with Gasteiger partial charge in [-0.25, -0.2) is 8.42 Å². The molecule has 0 atom stereocenters. The number of hydrogen-bond acceptors (Lipinski definition) is 3. The Labute approximate surface area is 124 Å². The lowest BCUT2D eigenvalue weighted by molar-refractivity contribution is 0.427. The monoisotopic (exact) mass is 324 g/mol. The van der Waals surface area contributed by atoms with Gasteiger partial charge in [0.1, 0.15) is 4.90 Å². The van der Waals surface area contributed by atoms with Crippen LogP contribution in [0.4, 0.5) is 0 Å². The topological polar surface area (TPSA) is 63.4 Å². The Bertz CT molecular complexity index is 547. The first-order valence-corrected chi connectivity index (χ1v) is 8.26. The van der Waals surface area contributed by atoms with Crippen LogP contribution in [0.1, 0.15) is 25.8 Å². The van der Waals surface area contributed by atoms with Gasteiger partial charge in [0.15, 0.2) is 0 Å². The zero-order valence-electron chi connectivity index (χ0n) is 11.0. The van der Waals surface area contributed by atoms with E-state index in [9.17, 15) is 8.42 Å². The first-order valence-electron chi connectivity index (χ1n) is 6.06. The third kappa shape index (κ3) is 3.61. The molecular formula is C12H18Cl2N2O2S. The highest BCUT2D eigenvalue weighted by molar-refractivity contribution is 7.89. The van der Waals surface area contributed by atoms with Crippen molar-refractivity contribution in [3.63, 3.8) is 0 Å². The molecular weight excluding hydrogens is 307 g/mol. The summed E-state index contributed by atoms with van der Waals surface area (Å²) in [6, 6.07) is 2.89. The minimum atomic E-state index is -3.61. The molecule has 4 nitrogen and oxygen atoms in total. The lowest BCUT2D eigenvalue weighted by atomic mass is 10.2. The smallest absolute Gasteiger partial charge is 0.244 e. The lowest BCUT2D eigenvalue weighted by Gasteiger charge is -2.21. The molecule has 0 heterocycles. The van der Waals surface area contributed by atoms with Crippen molar-refractivity contribution in [1.29, 1.82) is 0 Å². The lowest BCUT2D eigenvalue weighted by Crippen LogP contribution is -2.32. The van der Waals surface area contributed by atoms with Crippen LogP contribution in [0.15, 0.2) is 17.0 Å². The summed E-state index contributed by atoms with van der Waals surface area (Å²) in [5.74, 6) is 0. The number of sulfonamides is 1. The molecule has 0 aliphatic rings. The molecule has 1 aromatic carbocycles. The predicted octanol–water partition coefficient (Wildman–Crippen LogP) is 2.87. The zero-order valence-corrected chi connectivity index (χ0v) is 13.3. The van der Waals surface area contributed by atoms with Gasteiger partial charge in [-0.05, 0) is 24.1 Å². The first kappa shape index (κ1) is 16.7. The summed E-state index contributed by atoms with van der Waals surface area (Å²) in [4.78, 5) is 0.0642. The quantitative estimate of drug-likeness (QED) is 0.875. The molecule has 0 saturated heterocycles. The maximum atomic E-state index is 12.5. The van der Waals surface area contributed by atoms with Crippen molar-refractivity contribution in [3.05, 3.63) is 27.7 Å². The Balaban J connectivity index is 3.35. The highest BCUT2D eigenvalue weighted by Gasteiger charge is 2.25. The SMILES string of the molecule is CCCN(CC)S(=O)(=O)c1cc(CN)c(Cl)cc1Cl. The molecule has 0 unspecified atom stereocenters. The fourth-order valence-corrected chi connectivity index (χ4v) is 4.15. The molecule has 0 saturated carbocycles. The summed E-state index contributed by atoms with van der Waals surface area (Å²) in [5.41, 5.74) is 6.11. The molecule has 0 spiro atoms. The molecule has 0 aromatic heterocycles. The van der Waals surface area contributed by atoms with Crippen LogP contribution in [0, 0.1) is 0 Å². The van der Waals surface area contributed by atoms with Gasteiger partial charge in [-0.3, -0.25) is 0 Å². The van der Waals surface area contributed by atoms with E-state index >= 15 is 0 Å². The Morgan fingerprint density at radius 1 is 1.21 bits per heavy atom. The van der Waals surface area contributed by atoms with Crippen molar-refractivity contribution in [3.8, 4) is 0 Å². The van der Waals surface area contributed by atoms with Crippen molar-refractivity contribution in [1.82, 2.24) is 4.31 Å². The molecule has 108 valence electrons. The van der Waals surface area contributed by atoms with E-state index in [4.69, 9.17) is 28.9 Å². The minimum absolute atomic E-state index is 0.0642. The number of rotatable bonds is 6. The highest BCUT2D eigenvalue weighted by Crippen LogP contribution is 2.30. The zero-order chi connectivity index (χ0) is 14.6. The Kier molecular flexibility index (Phi) is 6.08. The molecule has 0 radical (unpaired) electrons. The molecule has 1 aromatic rings. The maximum Gasteiger partial charge on any atom is 0.244 e. The largest absolute Gasteiger partial charge is 0.326 e. The number of benzene rings is 1. The molecule has 0 bridgehead atoms. The van der Waals surface area contributed by atoms with E-state index in [0.717, 1.165) is 6.42 Å². The van der Waals surface area contributed by atoms with E-state index in [1.165, 1.54) is 16.4 Å². The highest BCUT2D eigenvalue weighted by atomic mass is 35.5. The van der Waals surface area contributed by atoms with Crippen molar-refractivity contribution in [2.45, 2.75) is 31.7 Å². The van der Waals surface area contributed by atoms with Gasteiger partial charge in [0.05, 0.1) is 5.02 Å². The van der Waals surface area contributed by atoms with Crippen LogP contribution in [0.2, 0.25) is 10.0 Å². The normalized spacial score (nSPS) is 12.1. The van der Waals surface area contributed by atoms with E-state index in [-0.39, 0.29) is 16.5 Å². The Morgan fingerprint density at radius 2 is 1.84 bits per heavy atom. The van der Waals surface area contributed by atoms with Crippen LogP contribution in [-0.2, 0) is 16.6 Å². The molecule has 7 heteroatoms. The van der Waals surface area contributed by atoms with Gasteiger partial charge in [-0.15, -0.1) is 0 Å². The van der Waals surface area contributed by atoms with Crippen LogP contribution in [0.5, 0.6) is 0 Å². The van der Waals surface area contributed by atoms with Gasteiger partial charge in [0, 0.05) is 24.7 Å². The second-order valence-corrected chi connectivity index (χ2v) is 6.80. The van der Waals surface area contributed by atoms with E-state index in [2.05, 4.69) is 0 Å². The van der Waals surface area contributed by atoms with Gasteiger partial charge in [0.25, 0.3) is 0 Å². The summed E-state index contributed by atoms with van der Waals surface area (Å²) >= 11 is 12.0. The van der Waals surface area contributed by atoms with Crippen LogP contribution >= 0.6 is 23.2 Å². The van der Waals surface area contributed by atoms with Crippen LogP contribution in [0.25, 0.3) is 0 Å². The van der Waals surface area contributed by atoms with Crippen molar-refractivity contribution < 1.29 is 8.42 Å². The molecule has 0 fully saturated rings. The summed E-state index contributed by atoms with van der Waals surface area (Å²) in [6.07, 6.45) is 0.738. The summed E-state index contributed by atoms with van der Waals surface area (Å²) in [6.45, 7) is 4.73. The summed E-state index contributed by atoms with van der Waals surface area (Å²) in [5, 5.41) is 0.502. The molecule has 1 rings (SSSR count). The number of hydrogen-bond donors (Lipinski definition) is 1. The van der Waals surface area contributed by atoms with Gasteiger partial charge in [-0.2, -0.15) is 4.31 Å². The van der Waals surface area contributed by atoms with Crippen molar-refractivity contribution >= 4 is 33.2 Å². The van der Waals surface area contributed by atoms with Crippen LogP contribution in [-0.4, -0.2) is 25.8 Å².